The minimum Gasteiger partial charge on any atom is -0.378 e. The molecule has 1 aliphatic rings. The standard InChI is InChI=1S/C31H30N4O2/c1-23-6-8-24(9-7-23)18-35-22-32-17-28(35)19-33-20-29(27-11-10-25-4-2-3-5-26(25)16-27)30(21-33)31(36)34-12-14-37-15-13-34/h2-11,16-17,20-22H,12-15,18-19H2,1H3. The molecule has 0 radical (unpaired) electrons. The summed E-state index contributed by atoms with van der Waals surface area (Å²) in [5.41, 5.74) is 6.29. The lowest BCUT2D eigenvalue weighted by atomic mass is 10.00. The van der Waals surface area contributed by atoms with Gasteiger partial charge in [-0.1, -0.05) is 66.2 Å². The molecule has 2 aromatic heterocycles. The zero-order chi connectivity index (χ0) is 25.2. The molecule has 0 N–H and O–H groups in total. The van der Waals surface area contributed by atoms with Crippen molar-refractivity contribution in [3.05, 3.63) is 114 Å². The van der Waals surface area contributed by atoms with Crippen LogP contribution in [0.15, 0.2) is 91.6 Å². The van der Waals surface area contributed by atoms with Gasteiger partial charge < -0.3 is 18.8 Å². The van der Waals surface area contributed by atoms with Gasteiger partial charge in [0.15, 0.2) is 0 Å². The molecule has 6 rings (SSSR count). The SMILES string of the molecule is Cc1ccc(Cn2cncc2Cn2cc(C(=O)N3CCOCC3)c(-c3ccc4ccccc4c3)c2)cc1. The third-order valence-electron chi connectivity index (χ3n) is 7.09. The lowest BCUT2D eigenvalue weighted by Gasteiger charge is -2.27. The summed E-state index contributed by atoms with van der Waals surface area (Å²) in [4.78, 5) is 20.0. The molecule has 1 amide bonds. The molecule has 6 nitrogen and oxygen atoms in total. The van der Waals surface area contributed by atoms with Crippen LogP contribution >= 0.6 is 0 Å². The molecule has 1 saturated heterocycles. The predicted octanol–water partition coefficient (Wildman–Crippen LogP) is 5.38. The van der Waals surface area contributed by atoms with E-state index in [1.54, 1.807) is 0 Å². The number of fused-ring (bicyclic) bond motifs is 1. The van der Waals surface area contributed by atoms with Gasteiger partial charge in [-0.25, -0.2) is 4.98 Å². The van der Waals surface area contributed by atoms with Crippen molar-refractivity contribution in [3.63, 3.8) is 0 Å². The second kappa shape index (κ2) is 10.1. The lowest BCUT2D eigenvalue weighted by molar-refractivity contribution is 0.0303. The Morgan fingerprint density at radius 3 is 2.51 bits per heavy atom. The number of benzene rings is 3. The Labute approximate surface area is 216 Å². The minimum absolute atomic E-state index is 0.0540. The van der Waals surface area contributed by atoms with Gasteiger partial charge in [-0.15, -0.1) is 0 Å². The first kappa shape index (κ1) is 23.3. The van der Waals surface area contributed by atoms with E-state index in [0.717, 1.165) is 34.3 Å². The van der Waals surface area contributed by atoms with Gasteiger partial charge in [0.05, 0.1) is 37.3 Å². The summed E-state index contributed by atoms with van der Waals surface area (Å²) >= 11 is 0. The molecular formula is C31H30N4O2. The fourth-order valence-electron chi connectivity index (χ4n) is 4.99. The van der Waals surface area contributed by atoms with Crippen molar-refractivity contribution in [2.24, 2.45) is 0 Å². The maximum atomic E-state index is 13.6. The van der Waals surface area contributed by atoms with Gasteiger partial charge in [0, 0.05) is 43.8 Å². The van der Waals surface area contributed by atoms with Crippen LogP contribution in [0.4, 0.5) is 0 Å². The Bertz CT molecular complexity index is 1540. The van der Waals surface area contributed by atoms with Crippen LogP contribution in [0.1, 0.15) is 27.2 Å². The van der Waals surface area contributed by atoms with E-state index in [-0.39, 0.29) is 5.91 Å². The molecule has 6 heteroatoms. The Morgan fingerprint density at radius 1 is 0.919 bits per heavy atom. The summed E-state index contributed by atoms with van der Waals surface area (Å²) < 4.78 is 9.77. The highest BCUT2D eigenvalue weighted by atomic mass is 16.5. The summed E-state index contributed by atoms with van der Waals surface area (Å²) in [6.45, 7) is 5.87. The van der Waals surface area contributed by atoms with Crippen LogP contribution in [0, 0.1) is 6.92 Å². The highest BCUT2D eigenvalue weighted by molar-refractivity contribution is 6.02. The minimum atomic E-state index is 0.0540. The number of hydrogen-bond acceptors (Lipinski definition) is 3. The van der Waals surface area contributed by atoms with E-state index in [1.807, 2.05) is 35.8 Å². The highest BCUT2D eigenvalue weighted by Gasteiger charge is 2.24. The van der Waals surface area contributed by atoms with Crippen LogP contribution in [-0.4, -0.2) is 51.2 Å². The Hall–Kier alpha value is -4.16. The average molecular weight is 491 g/mol. The first-order valence-electron chi connectivity index (χ1n) is 12.7. The number of imidazole rings is 1. The van der Waals surface area contributed by atoms with E-state index in [9.17, 15) is 4.79 Å². The van der Waals surface area contributed by atoms with E-state index in [0.29, 0.717) is 32.8 Å². The van der Waals surface area contributed by atoms with Gasteiger partial charge in [-0.3, -0.25) is 4.79 Å². The topological polar surface area (TPSA) is 52.3 Å². The van der Waals surface area contributed by atoms with Gasteiger partial charge >= 0.3 is 0 Å². The van der Waals surface area contributed by atoms with Crippen LogP contribution in [0.25, 0.3) is 21.9 Å². The van der Waals surface area contributed by atoms with Crippen molar-refractivity contribution >= 4 is 16.7 Å². The summed E-state index contributed by atoms with van der Waals surface area (Å²) in [5.74, 6) is 0.0540. The summed E-state index contributed by atoms with van der Waals surface area (Å²) in [6.07, 6.45) is 7.88. The second-order valence-electron chi connectivity index (χ2n) is 9.72. The molecule has 5 aromatic rings. The van der Waals surface area contributed by atoms with E-state index >= 15 is 0 Å². The molecule has 0 bridgehead atoms. The fraction of sp³-hybridized carbons (Fsp3) is 0.226. The van der Waals surface area contributed by atoms with Crippen molar-refractivity contribution in [1.29, 1.82) is 0 Å². The highest BCUT2D eigenvalue weighted by Crippen LogP contribution is 2.30. The quantitative estimate of drug-likeness (QED) is 0.321. The number of nitrogens with zero attached hydrogens (tertiary/aromatic N) is 4. The molecule has 0 atom stereocenters. The molecule has 37 heavy (non-hydrogen) atoms. The molecule has 186 valence electrons. The first-order valence-corrected chi connectivity index (χ1v) is 12.7. The molecule has 3 aromatic carbocycles. The van der Waals surface area contributed by atoms with E-state index in [1.165, 1.54) is 16.5 Å². The maximum Gasteiger partial charge on any atom is 0.256 e. The fourth-order valence-corrected chi connectivity index (χ4v) is 4.99. The number of aromatic nitrogens is 3. The van der Waals surface area contributed by atoms with Crippen molar-refractivity contribution in [2.45, 2.75) is 20.0 Å². The van der Waals surface area contributed by atoms with Crippen molar-refractivity contribution in [2.75, 3.05) is 26.3 Å². The number of rotatable bonds is 6. The van der Waals surface area contributed by atoms with E-state index in [4.69, 9.17) is 4.74 Å². The number of ether oxygens (including phenoxy) is 1. The lowest BCUT2D eigenvalue weighted by Crippen LogP contribution is -2.40. The van der Waals surface area contributed by atoms with Crippen LogP contribution < -0.4 is 0 Å². The molecule has 0 unspecified atom stereocenters. The van der Waals surface area contributed by atoms with Crippen LogP contribution in [0.3, 0.4) is 0 Å². The van der Waals surface area contributed by atoms with Crippen molar-refractivity contribution in [1.82, 2.24) is 19.0 Å². The monoisotopic (exact) mass is 490 g/mol. The average Bonchev–Trinajstić information content (AvgIpc) is 3.57. The smallest absolute Gasteiger partial charge is 0.256 e. The molecule has 0 saturated carbocycles. The third-order valence-corrected chi connectivity index (χ3v) is 7.09. The Morgan fingerprint density at radius 2 is 1.70 bits per heavy atom. The summed E-state index contributed by atoms with van der Waals surface area (Å²) in [6, 6.07) is 23.3. The van der Waals surface area contributed by atoms with Crippen molar-refractivity contribution < 1.29 is 9.53 Å². The Kier molecular flexibility index (Phi) is 6.33. The number of amides is 1. The van der Waals surface area contributed by atoms with Gasteiger partial charge in [0.1, 0.15) is 0 Å². The predicted molar refractivity (Wildman–Crippen MR) is 146 cm³/mol. The molecule has 0 aliphatic carbocycles. The molecule has 3 heterocycles. The van der Waals surface area contributed by atoms with E-state index in [2.05, 4.69) is 81.8 Å². The third kappa shape index (κ3) is 4.93. The number of hydrogen-bond donors (Lipinski definition) is 0. The Balaban J connectivity index is 1.34. The number of aryl methyl sites for hydroxylation is 1. The second-order valence-corrected chi connectivity index (χ2v) is 9.72. The number of morpholine rings is 1. The molecule has 0 spiro atoms. The van der Waals surface area contributed by atoms with Crippen LogP contribution in [-0.2, 0) is 17.8 Å². The zero-order valence-corrected chi connectivity index (χ0v) is 21.0. The molecule has 1 fully saturated rings. The largest absolute Gasteiger partial charge is 0.378 e. The van der Waals surface area contributed by atoms with E-state index < -0.39 is 0 Å². The van der Waals surface area contributed by atoms with Crippen molar-refractivity contribution in [3.8, 4) is 11.1 Å². The molecular weight excluding hydrogens is 460 g/mol. The van der Waals surface area contributed by atoms with Gasteiger partial charge in [-0.2, -0.15) is 0 Å². The van der Waals surface area contributed by atoms with Gasteiger partial charge in [0.25, 0.3) is 5.91 Å². The number of carbonyl (C=O) groups is 1. The zero-order valence-electron chi connectivity index (χ0n) is 21.0. The van der Waals surface area contributed by atoms with Gasteiger partial charge in [-0.05, 0) is 34.9 Å². The summed E-state index contributed by atoms with van der Waals surface area (Å²) in [7, 11) is 0. The first-order chi connectivity index (χ1) is 18.1. The number of carbonyl (C=O) groups excluding carboxylic acids is 1. The van der Waals surface area contributed by atoms with Gasteiger partial charge in [0.2, 0.25) is 0 Å². The van der Waals surface area contributed by atoms with Crippen LogP contribution in [0.5, 0.6) is 0 Å². The summed E-state index contributed by atoms with van der Waals surface area (Å²) in [5, 5.41) is 2.35. The molecule has 1 aliphatic heterocycles. The van der Waals surface area contributed by atoms with Crippen LogP contribution in [0.2, 0.25) is 0 Å². The maximum absolute atomic E-state index is 13.6. The normalized spacial score (nSPS) is 13.8.